The van der Waals surface area contributed by atoms with Crippen molar-refractivity contribution in [3.05, 3.63) is 0 Å². The second kappa shape index (κ2) is 9.34. The first-order valence-corrected chi connectivity index (χ1v) is 7.85. The first kappa shape index (κ1) is 15.1. The minimum absolute atomic E-state index is 0.491. The van der Waals surface area contributed by atoms with Crippen LogP contribution in [0.15, 0.2) is 0 Å². The second-order valence-corrected chi connectivity index (χ2v) is 6.09. The van der Waals surface area contributed by atoms with Gasteiger partial charge in [-0.1, -0.05) is 26.2 Å². The summed E-state index contributed by atoms with van der Waals surface area (Å²) in [6.07, 6.45) is 7.99. The highest BCUT2D eigenvalue weighted by Crippen LogP contribution is 2.04. The van der Waals surface area contributed by atoms with Crippen molar-refractivity contribution in [3.8, 4) is 0 Å². The predicted molar refractivity (Wildman–Crippen MR) is 69.8 cm³/mol. The van der Waals surface area contributed by atoms with Crippen LogP contribution in [0, 0.1) is 0 Å². The molecule has 0 aromatic carbocycles. The minimum Gasteiger partial charge on any atom is -0.312 e. The van der Waals surface area contributed by atoms with Crippen LogP contribution in [0.25, 0.3) is 0 Å². The maximum atomic E-state index is 10.9. The lowest BCUT2D eigenvalue weighted by molar-refractivity contribution is 0.426. The lowest BCUT2D eigenvalue weighted by Gasteiger charge is -2.19. The third-order valence-electron chi connectivity index (χ3n) is 2.65. The smallest absolute Gasteiger partial charge is 0.0246 e. The summed E-state index contributed by atoms with van der Waals surface area (Å²) in [7, 11) is -0.648. The molecule has 0 amide bonds. The maximum absolute atomic E-state index is 10.9. The summed E-state index contributed by atoms with van der Waals surface area (Å²) in [5.41, 5.74) is 0. The van der Waals surface area contributed by atoms with Gasteiger partial charge in [-0.3, -0.25) is 4.21 Å². The number of hydrogen-bond donors (Lipinski definition) is 1. The van der Waals surface area contributed by atoms with Crippen LogP contribution >= 0.6 is 0 Å². The van der Waals surface area contributed by atoms with Crippen LogP contribution in [-0.2, 0) is 10.8 Å². The van der Waals surface area contributed by atoms with E-state index >= 15 is 0 Å². The summed E-state index contributed by atoms with van der Waals surface area (Å²) in [5, 5.41) is 3.56. The molecular formula is C12H27NOS. The van der Waals surface area contributed by atoms with Gasteiger partial charge in [0, 0.05) is 34.9 Å². The van der Waals surface area contributed by atoms with Crippen molar-refractivity contribution in [1.82, 2.24) is 5.32 Å². The van der Waals surface area contributed by atoms with Crippen molar-refractivity contribution in [3.63, 3.8) is 0 Å². The van der Waals surface area contributed by atoms with Crippen molar-refractivity contribution >= 4 is 10.8 Å². The van der Waals surface area contributed by atoms with Gasteiger partial charge < -0.3 is 5.32 Å². The van der Waals surface area contributed by atoms with Gasteiger partial charge in [-0.2, -0.15) is 0 Å². The normalized spacial score (nSPS) is 17.3. The molecule has 1 N–H and O–H groups in total. The Hall–Kier alpha value is 0.110. The Balaban J connectivity index is 3.48. The average molecular weight is 233 g/mol. The lowest BCUT2D eigenvalue weighted by atomic mass is 10.1. The molecule has 0 rings (SSSR count). The molecule has 0 saturated carbocycles. The summed E-state index contributed by atoms with van der Waals surface area (Å²) >= 11 is 0. The molecule has 0 fully saturated rings. The highest BCUT2D eigenvalue weighted by Gasteiger charge is 2.07. The van der Waals surface area contributed by atoms with E-state index in [-0.39, 0.29) is 0 Å². The molecule has 15 heavy (non-hydrogen) atoms. The van der Waals surface area contributed by atoms with Crippen LogP contribution in [0.4, 0.5) is 0 Å². The molecule has 0 radical (unpaired) electrons. The third kappa shape index (κ3) is 10.4. The molecule has 0 aliphatic carbocycles. The van der Waals surface area contributed by atoms with Gasteiger partial charge in [0.2, 0.25) is 0 Å². The Kier molecular flexibility index (Phi) is 9.41. The molecule has 0 bridgehead atoms. The summed E-state index contributed by atoms with van der Waals surface area (Å²) in [5.74, 6) is 0.815. The van der Waals surface area contributed by atoms with Crippen LogP contribution < -0.4 is 5.32 Å². The Morgan fingerprint density at radius 1 is 1.13 bits per heavy atom. The average Bonchev–Trinajstić information content (AvgIpc) is 2.15. The maximum Gasteiger partial charge on any atom is 0.0246 e. The third-order valence-corrected chi connectivity index (χ3v) is 3.46. The van der Waals surface area contributed by atoms with E-state index in [0.29, 0.717) is 12.1 Å². The predicted octanol–water partition coefficient (Wildman–Crippen LogP) is 2.70. The quantitative estimate of drug-likeness (QED) is 0.620. The number of hydrogen-bond acceptors (Lipinski definition) is 2. The van der Waals surface area contributed by atoms with Crippen molar-refractivity contribution in [2.24, 2.45) is 0 Å². The Morgan fingerprint density at radius 2 is 1.73 bits per heavy atom. The summed E-state index contributed by atoms with van der Waals surface area (Å²) in [6, 6.07) is 1.09. The zero-order valence-electron chi connectivity index (χ0n) is 10.7. The van der Waals surface area contributed by atoms with Gasteiger partial charge in [-0.15, -0.1) is 0 Å². The topological polar surface area (TPSA) is 29.1 Å². The molecular weight excluding hydrogens is 206 g/mol. The summed E-state index contributed by atoms with van der Waals surface area (Å²) in [6.45, 7) is 6.66. The van der Waals surface area contributed by atoms with Gasteiger partial charge in [0.1, 0.15) is 0 Å². The van der Waals surface area contributed by atoms with E-state index in [0.717, 1.165) is 12.2 Å². The standard InChI is InChI=1S/C12H27NOS/c1-5-6-7-8-11(2)13-12(3)9-10-15(4)14/h11-13H,5-10H2,1-4H3. The summed E-state index contributed by atoms with van der Waals surface area (Å²) in [4.78, 5) is 0. The van der Waals surface area contributed by atoms with Crippen molar-refractivity contribution in [1.29, 1.82) is 0 Å². The van der Waals surface area contributed by atoms with Gasteiger partial charge in [-0.25, -0.2) is 0 Å². The fourth-order valence-electron chi connectivity index (χ4n) is 1.70. The van der Waals surface area contributed by atoms with E-state index in [1.807, 2.05) is 0 Å². The molecule has 2 nitrogen and oxygen atoms in total. The molecule has 92 valence electrons. The van der Waals surface area contributed by atoms with Crippen LogP contribution in [0.1, 0.15) is 52.9 Å². The highest BCUT2D eigenvalue weighted by atomic mass is 32.2. The largest absolute Gasteiger partial charge is 0.312 e. The molecule has 3 heteroatoms. The molecule has 0 aliphatic heterocycles. The van der Waals surface area contributed by atoms with Gasteiger partial charge in [0.25, 0.3) is 0 Å². The van der Waals surface area contributed by atoms with E-state index in [4.69, 9.17) is 0 Å². The minimum atomic E-state index is -0.648. The Morgan fingerprint density at radius 3 is 2.27 bits per heavy atom. The Labute approximate surface area is 97.7 Å². The van der Waals surface area contributed by atoms with Crippen LogP contribution in [-0.4, -0.2) is 28.3 Å². The number of rotatable bonds is 9. The SMILES string of the molecule is CCCCCC(C)NC(C)CCS(C)=O. The van der Waals surface area contributed by atoms with E-state index in [9.17, 15) is 4.21 Å². The molecule has 3 atom stereocenters. The lowest BCUT2D eigenvalue weighted by Crippen LogP contribution is -2.35. The molecule has 0 saturated heterocycles. The zero-order chi connectivity index (χ0) is 11.7. The van der Waals surface area contributed by atoms with E-state index in [1.54, 1.807) is 6.26 Å². The van der Waals surface area contributed by atoms with Crippen LogP contribution in [0.5, 0.6) is 0 Å². The molecule has 0 spiro atoms. The monoisotopic (exact) mass is 233 g/mol. The number of nitrogens with one attached hydrogen (secondary N) is 1. The molecule has 0 aromatic heterocycles. The first-order valence-electron chi connectivity index (χ1n) is 6.12. The molecule has 0 heterocycles. The fraction of sp³-hybridized carbons (Fsp3) is 1.00. The molecule has 3 unspecified atom stereocenters. The van der Waals surface area contributed by atoms with Gasteiger partial charge in [0.15, 0.2) is 0 Å². The highest BCUT2D eigenvalue weighted by molar-refractivity contribution is 7.84. The second-order valence-electron chi connectivity index (χ2n) is 4.53. The van der Waals surface area contributed by atoms with Gasteiger partial charge in [-0.05, 0) is 26.7 Å². The number of unbranched alkanes of at least 4 members (excludes halogenated alkanes) is 2. The van der Waals surface area contributed by atoms with Gasteiger partial charge in [0.05, 0.1) is 0 Å². The van der Waals surface area contributed by atoms with E-state index in [2.05, 4.69) is 26.1 Å². The van der Waals surface area contributed by atoms with Gasteiger partial charge >= 0.3 is 0 Å². The van der Waals surface area contributed by atoms with Crippen LogP contribution in [0.2, 0.25) is 0 Å². The Bertz CT molecular complexity index is 173. The zero-order valence-corrected chi connectivity index (χ0v) is 11.5. The molecule has 0 aromatic rings. The van der Waals surface area contributed by atoms with E-state index < -0.39 is 10.8 Å². The summed E-state index contributed by atoms with van der Waals surface area (Å²) < 4.78 is 10.9. The molecule has 0 aliphatic rings. The van der Waals surface area contributed by atoms with Crippen molar-refractivity contribution in [2.75, 3.05) is 12.0 Å². The van der Waals surface area contributed by atoms with Crippen molar-refractivity contribution in [2.45, 2.75) is 65.0 Å². The van der Waals surface area contributed by atoms with Crippen LogP contribution in [0.3, 0.4) is 0 Å². The van der Waals surface area contributed by atoms with E-state index in [1.165, 1.54) is 25.7 Å². The first-order chi connectivity index (χ1) is 7.06. The fourth-order valence-corrected chi connectivity index (χ4v) is 2.38. The van der Waals surface area contributed by atoms with Crippen molar-refractivity contribution < 1.29 is 4.21 Å².